The molecule has 0 bridgehead atoms. The Kier molecular flexibility index (Phi) is 4.70. The summed E-state index contributed by atoms with van der Waals surface area (Å²) in [5.74, 6) is 0. The van der Waals surface area contributed by atoms with Crippen LogP contribution in [0.25, 0.3) is 0 Å². The van der Waals surface area contributed by atoms with E-state index in [0.717, 1.165) is 24.3 Å². The molecule has 0 aliphatic rings. The van der Waals surface area contributed by atoms with Crippen molar-refractivity contribution in [1.29, 1.82) is 0 Å². The van der Waals surface area contributed by atoms with Crippen LogP contribution >= 0.6 is 34.8 Å². The van der Waals surface area contributed by atoms with E-state index in [0.29, 0.717) is 15.1 Å². The highest BCUT2D eigenvalue weighted by molar-refractivity contribution is 6.44. The summed E-state index contributed by atoms with van der Waals surface area (Å²) in [6.45, 7) is 0.731. The van der Waals surface area contributed by atoms with E-state index in [1.807, 2.05) is 18.2 Å². The highest BCUT2D eigenvalue weighted by atomic mass is 35.5. The van der Waals surface area contributed by atoms with Gasteiger partial charge in [-0.2, -0.15) is 0 Å². The normalized spacial score (nSPS) is 10.4. The second-order valence-electron chi connectivity index (χ2n) is 3.74. The Labute approximate surface area is 121 Å². The molecular formula is C13H11Cl3N2. The summed E-state index contributed by atoms with van der Waals surface area (Å²) in [4.78, 5) is 4.24. The first kappa shape index (κ1) is 13.5. The third-order valence-electron chi connectivity index (χ3n) is 2.43. The Hall–Kier alpha value is -0.960. The van der Waals surface area contributed by atoms with Crippen LogP contribution in [-0.2, 0) is 6.42 Å². The van der Waals surface area contributed by atoms with Crippen molar-refractivity contribution in [3.05, 3.63) is 57.3 Å². The minimum Gasteiger partial charge on any atom is -0.383 e. The molecule has 0 atom stereocenters. The molecule has 0 saturated carbocycles. The lowest BCUT2D eigenvalue weighted by Gasteiger charge is -2.09. The fourth-order valence-corrected chi connectivity index (χ4v) is 2.14. The Morgan fingerprint density at radius 3 is 2.50 bits per heavy atom. The maximum Gasteiger partial charge on any atom is 0.0653 e. The molecule has 5 heteroatoms. The molecule has 0 spiro atoms. The van der Waals surface area contributed by atoms with Crippen molar-refractivity contribution < 1.29 is 0 Å². The van der Waals surface area contributed by atoms with Crippen LogP contribution in [-0.4, -0.2) is 11.5 Å². The van der Waals surface area contributed by atoms with Crippen LogP contribution in [0.2, 0.25) is 15.1 Å². The van der Waals surface area contributed by atoms with Gasteiger partial charge >= 0.3 is 0 Å². The van der Waals surface area contributed by atoms with Crippen LogP contribution in [0, 0.1) is 0 Å². The molecule has 18 heavy (non-hydrogen) atoms. The molecule has 2 aromatic rings. The highest BCUT2D eigenvalue weighted by Crippen LogP contribution is 2.32. The molecule has 0 amide bonds. The lowest BCUT2D eigenvalue weighted by molar-refractivity contribution is 0.961. The molecule has 1 N–H and O–H groups in total. The number of nitrogens with zero attached hydrogens (tertiary/aromatic N) is 1. The van der Waals surface area contributed by atoms with E-state index < -0.39 is 0 Å². The molecule has 0 aliphatic carbocycles. The average Bonchev–Trinajstić information content (AvgIpc) is 2.37. The smallest absolute Gasteiger partial charge is 0.0653 e. The Bertz CT molecular complexity index is 529. The summed E-state index contributed by atoms with van der Waals surface area (Å²) >= 11 is 17.9. The molecule has 1 aromatic heterocycles. The summed E-state index contributed by atoms with van der Waals surface area (Å²) in [6, 6.07) is 9.21. The lowest BCUT2D eigenvalue weighted by Crippen LogP contribution is -2.06. The van der Waals surface area contributed by atoms with Gasteiger partial charge in [-0.15, -0.1) is 0 Å². The van der Waals surface area contributed by atoms with E-state index in [2.05, 4.69) is 10.3 Å². The fourth-order valence-electron chi connectivity index (χ4n) is 1.53. The first-order chi connectivity index (χ1) is 8.66. The number of rotatable bonds is 4. The summed E-state index contributed by atoms with van der Waals surface area (Å²) in [5.41, 5.74) is 1.81. The molecule has 0 unspecified atom stereocenters. The molecule has 1 aromatic carbocycles. The first-order valence-corrected chi connectivity index (χ1v) is 6.58. The number of pyridine rings is 1. The zero-order valence-electron chi connectivity index (χ0n) is 9.46. The number of nitrogens with one attached hydrogen (secondary N) is 1. The van der Waals surface area contributed by atoms with Gasteiger partial charge in [0.05, 0.1) is 20.8 Å². The van der Waals surface area contributed by atoms with E-state index >= 15 is 0 Å². The molecule has 1 heterocycles. The summed E-state index contributed by atoms with van der Waals surface area (Å²) in [5, 5.41) is 4.72. The molecule has 2 rings (SSSR count). The van der Waals surface area contributed by atoms with E-state index in [1.54, 1.807) is 18.3 Å². The van der Waals surface area contributed by atoms with Crippen molar-refractivity contribution in [2.75, 3.05) is 11.9 Å². The second kappa shape index (κ2) is 6.28. The van der Waals surface area contributed by atoms with Crippen LogP contribution in [0.1, 0.15) is 5.69 Å². The molecule has 2 nitrogen and oxygen atoms in total. The summed E-state index contributed by atoms with van der Waals surface area (Å²) in [6.07, 6.45) is 2.60. The number of aromatic nitrogens is 1. The van der Waals surface area contributed by atoms with Crippen molar-refractivity contribution in [2.24, 2.45) is 0 Å². The van der Waals surface area contributed by atoms with E-state index in [4.69, 9.17) is 34.8 Å². The van der Waals surface area contributed by atoms with Gasteiger partial charge in [0.15, 0.2) is 0 Å². The Balaban J connectivity index is 1.97. The third kappa shape index (κ3) is 3.52. The number of benzene rings is 1. The molecular weight excluding hydrogens is 291 g/mol. The van der Waals surface area contributed by atoms with Gasteiger partial charge in [-0.1, -0.05) is 40.9 Å². The molecule has 0 aliphatic heterocycles. The van der Waals surface area contributed by atoms with Crippen molar-refractivity contribution in [3.8, 4) is 0 Å². The number of hydrogen-bond acceptors (Lipinski definition) is 2. The topological polar surface area (TPSA) is 24.9 Å². The zero-order valence-corrected chi connectivity index (χ0v) is 11.7. The minimum atomic E-state index is 0.456. The first-order valence-electron chi connectivity index (χ1n) is 5.45. The largest absolute Gasteiger partial charge is 0.383 e. The van der Waals surface area contributed by atoms with E-state index in [9.17, 15) is 0 Å². The van der Waals surface area contributed by atoms with Crippen molar-refractivity contribution in [3.63, 3.8) is 0 Å². The maximum absolute atomic E-state index is 6.06. The zero-order chi connectivity index (χ0) is 13.0. The number of hydrogen-bond donors (Lipinski definition) is 1. The summed E-state index contributed by atoms with van der Waals surface area (Å²) < 4.78 is 0. The van der Waals surface area contributed by atoms with E-state index in [-0.39, 0.29) is 0 Å². The van der Waals surface area contributed by atoms with Gasteiger partial charge in [-0.05, 0) is 24.3 Å². The van der Waals surface area contributed by atoms with Crippen molar-refractivity contribution in [2.45, 2.75) is 6.42 Å². The summed E-state index contributed by atoms with van der Waals surface area (Å²) in [7, 11) is 0. The maximum atomic E-state index is 6.06. The predicted molar refractivity (Wildman–Crippen MR) is 77.9 cm³/mol. The van der Waals surface area contributed by atoms with Gasteiger partial charge < -0.3 is 5.32 Å². The monoisotopic (exact) mass is 300 g/mol. The van der Waals surface area contributed by atoms with Crippen LogP contribution < -0.4 is 5.32 Å². The quantitative estimate of drug-likeness (QED) is 0.828. The van der Waals surface area contributed by atoms with Crippen LogP contribution in [0.15, 0.2) is 36.5 Å². The van der Waals surface area contributed by atoms with Gasteiger partial charge in [0.25, 0.3) is 0 Å². The molecule has 0 saturated heterocycles. The van der Waals surface area contributed by atoms with E-state index in [1.165, 1.54) is 0 Å². The second-order valence-corrected chi connectivity index (χ2v) is 4.97. The minimum absolute atomic E-state index is 0.456. The van der Waals surface area contributed by atoms with Crippen molar-refractivity contribution in [1.82, 2.24) is 4.98 Å². The van der Waals surface area contributed by atoms with Gasteiger partial charge in [-0.3, -0.25) is 4.98 Å². The standard InChI is InChI=1S/C13H11Cl3N2/c14-10-7-12(16)13(8-11(10)15)18-6-4-9-3-1-2-5-17-9/h1-3,5,7-8,18H,4,6H2. The third-order valence-corrected chi connectivity index (χ3v) is 3.47. The Morgan fingerprint density at radius 2 is 1.78 bits per heavy atom. The van der Waals surface area contributed by atoms with Gasteiger partial charge in [0, 0.05) is 24.9 Å². The molecule has 0 fully saturated rings. The van der Waals surface area contributed by atoms with Crippen LogP contribution in [0.3, 0.4) is 0 Å². The van der Waals surface area contributed by atoms with Crippen molar-refractivity contribution >= 4 is 40.5 Å². The molecule has 0 radical (unpaired) electrons. The van der Waals surface area contributed by atoms with Gasteiger partial charge in [-0.25, -0.2) is 0 Å². The fraction of sp³-hybridized carbons (Fsp3) is 0.154. The SMILES string of the molecule is Clc1cc(Cl)c(NCCc2ccccn2)cc1Cl. The van der Waals surface area contributed by atoms with Crippen LogP contribution in [0.5, 0.6) is 0 Å². The predicted octanol–water partition coefficient (Wildman–Crippen LogP) is 4.70. The van der Waals surface area contributed by atoms with Gasteiger partial charge in [0.2, 0.25) is 0 Å². The average molecular weight is 302 g/mol. The number of halogens is 3. The highest BCUT2D eigenvalue weighted by Gasteiger charge is 2.05. The lowest BCUT2D eigenvalue weighted by atomic mass is 10.2. The number of anilines is 1. The molecule has 94 valence electrons. The Morgan fingerprint density at radius 1 is 1.00 bits per heavy atom. The van der Waals surface area contributed by atoms with Crippen LogP contribution in [0.4, 0.5) is 5.69 Å². The van der Waals surface area contributed by atoms with Gasteiger partial charge in [0.1, 0.15) is 0 Å².